The maximum Gasteiger partial charge on any atom is 0.262 e. The number of benzene rings is 2. The summed E-state index contributed by atoms with van der Waals surface area (Å²) in [6.07, 6.45) is 2.89. The molecule has 7 nitrogen and oxygen atoms in total. The van der Waals surface area contributed by atoms with E-state index in [1.54, 1.807) is 0 Å². The van der Waals surface area contributed by atoms with Gasteiger partial charge in [-0.2, -0.15) is 5.10 Å². The van der Waals surface area contributed by atoms with E-state index in [1.807, 2.05) is 61.5 Å². The normalized spacial score (nSPS) is 11.2. The van der Waals surface area contributed by atoms with Crippen LogP contribution in [-0.2, 0) is 11.3 Å². The minimum atomic E-state index is -0.434. The van der Waals surface area contributed by atoms with E-state index in [4.69, 9.17) is 4.74 Å². The number of carbonyl (C=O) groups excluding carboxylic acids is 1. The first-order valence-corrected chi connectivity index (χ1v) is 11.4. The van der Waals surface area contributed by atoms with E-state index in [9.17, 15) is 9.59 Å². The van der Waals surface area contributed by atoms with E-state index < -0.39 is 5.91 Å². The Bertz CT molecular complexity index is 1350. The number of rotatable bonds is 7. The Hall–Kier alpha value is -3.30. The molecule has 2 heterocycles. The van der Waals surface area contributed by atoms with Crippen molar-refractivity contribution >= 4 is 49.6 Å². The molecular weight excluding hydrogens is 492 g/mol. The topological polar surface area (TPSA) is 85.6 Å². The van der Waals surface area contributed by atoms with E-state index in [1.165, 1.54) is 28.4 Å². The first-order chi connectivity index (χ1) is 15.5. The summed E-state index contributed by atoms with van der Waals surface area (Å²) >= 11 is 4.85. The Kier molecular flexibility index (Phi) is 6.77. The van der Waals surface area contributed by atoms with E-state index in [0.29, 0.717) is 28.1 Å². The van der Waals surface area contributed by atoms with Gasteiger partial charge >= 0.3 is 0 Å². The molecule has 0 bridgehead atoms. The van der Waals surface area contributed by atoms with Crippen LogP contribution >= 0.6 is 27.3 Å². The number of carbonyl (C=O) groups is 1. The fraction of sp³-hybridized carbons (Fsp3) is 0.130. The molecule has 4 aromatic rings. The molecule has 0 atom stereocenters. The van der Waals surface area contributed by atoms with Crippen LogP contribution in [0, 0.1) is 0 Å². The van der Waals surface area contributed by atoms with E-state index in [-0.39, 0.29) is 12.1 Å². The summed E-state index contributed by atoms with van der Waals surface area (Å²) in [4.78, 5) is 31.1. The molecule has 162 valence electrons. The van der Waals surface area contributed by atoms with Crippen LogP contribution in [0.25, 0.3) is 20.7 Å². The Labute approximate surface area is 196 Å². The average molecular weight is 511 g/mol. The van der Waals surface area contributed by atoms with Crippen molar-refractivity contribution in [3.05, 3.63) is 81.3 Å². The van der Waals surface area contributed by atoms with Gasteiger partial charge in [0.25, 0.3) is 11.5 Å². The predicted octanol–water partition coefficient (Wildman–Crippen LogP) is 4.44. The van der Waals surface area contributed by atoms with Gasteiger partial charge in [0.2, 0.25) is 0 Å². The predicted molar refractivity (Wildman–Crippen MR) is 130 cm³/mol. The van der Waals surface area contributed by atoms with Crippen LogP contribution in [0.3, 0.4) is 0 Å². The number of nitrogens with one attached hydrogen (secondary N) is 1. The maximum absolute atomic E-state index is 12.8. The number of nitrogens with zero attached hydrogens (tertiary/aromatic N) is 3. The molecule has 1 N–H and O–H groups in total. The molecule has 0 unspecified atom stereocenters. The van der Waals surface area contributed by atoms with Crippen molar-refractivity contribution in [3.63, 3.8) is 0 Å². The number of thiophene rings is 1. The third kappa shape index (κ3) is 4.95. The van der Waals surface area contributed by atoms with Crippen molar-refractivity contribution in [2.75, 3.05) is 6.61 Å². The van der Waals surface area contributed by atoms with Gasteiger partial charge in [-0.25, -0.2) is 10.4 Å². The second-order valence-electron chi connectivity index (χ2n) is 6.78. The highest BCUT2D eigenvalue weighted by atomic mass is 79.9. The van der Waals surface area contributed by atoms with Crippen LogP contribution < -0.4 is 15.7 Å². The molecule has 9 heteroatoms. The largest absolute Gasteiger partial charge is 0.493 e. The fourth-order valence-electron chi connectivity index (χ4n) is 3.09. The molecule has 0 aliphatic rings. The molecule has 2 aromatic heterocycles. The fourth-order valence-corrected chi connectivity index (χ4v) is 4.46. The Morgan fingerprint density at radius 3 is 2.84 bits per heavy atom. The highest BCUT2D eigenvalue weighted by molar-refractivity contribution is 9.10. The molecule has 0 spiro atoms. The molecule has 2 aromatic carbocycles. The lowest BCUT2D eigenvalue weighted by atomic mass is 10.2. The first kappa shape index (κ1) is 21.9. The van der Waals surface area contributed by atoms with Gasteiger partial charge in [-0.3, -0.25) is 14.2 Å². The first-order valence-electron chi connectivity index (χ1n) is 9.84. The third-order valence-corrected chi connectivity index (χ3v) is 6.14. The smallest absolute Gasteiger partial charge is 0.262 e. The van der Waals surface area contributed by atoms with Crippen molar-refractivity contribution in [2.45, 2.75) is 13.5 Å². The monoisotopic (exact) mass is 510 g/mol. The highest BCUT2D eigenvalue weighted by Crippen LogP contribution is 2.30. The van der Waals surface area contributed by atoms with Crippen LogP contribution in [0.4, 0.5) is 0 Å². The zero-order chi connectivity index (χ0) is 22.5. The lowest BCUT2D eigenvalue weighted by Gasteiger charge is -2.07. The summed E-state index contributed by atoms with van der Waals surface area (Å²) in [5.41, 5.74) is 3.92. The van der Waals surface area contributed by atoms with Gasteiger partial charge in [0.1, 0.15) is 17.1 Å². The lowest BCUT2D eigenvalue weighted by molar-refractivity contribution is -0.121. The summed E-state index contributed by atoms with van der Waals surface area (Å²) in [6, 6.07) is 17.1. The summed E-state index contributed by atoms with van der Waals surface area (Å²) < 4.78 is 7.70. The number of halogens is 1. The van der Waals surface area contributed by atoms with E-state index in [2.05, 4.69) is 31.4 Å². The highest BCUT2D eigenvalue weighted by Gasteiger charge is 2.12. The van der Waals surface area contributed by atoms with Crippen LogP contribution in [0.2, 0.25) is 0 Å². The molecule has 0 aliphatic carbocycles. The Morgan fingerprint density at radius 2 is 2.06 bits per heavy atom. The molecule has 0 fully saturated rings. The summed E-state index contributed by atoms with van der Waals surface area (Å²) in [5, 5.41) is 4.49. The van der Waals surface area contributed by atoms with Crippen molar-refractivity contribution in [1.29, 1.82) is 0 Å². The van der Waals surface area contributed by atoms with Crippen LogP contribution in [0.15, 0.2) is 75.3 Å². The van der Waals surface area contributed by atoms with Crippen molar-refractivity contribution in [2.24, 2.45) is 5.10 Å². The number of fused-ring (bicyclic) bond motifs is 1. The number of hydrogen-bond acceptors (Lipinski definition) is 6. The minimum Gasteiger partial charge on any atom is -0.493 e. The van der Waals surface area contributed by atoms with Gasteiger partial charge in [-0.1, -0.05) is 46.3 Å². The Morgan fingerprint density at radius 1 is 1.25 bits per heavy atom. The van der Waals surface area contributed by atoms with Crippen molar-refractivity contribution in [1.82, 2.24) is 15.0 Å². The minimum absolute atomic E-state index is 0.188. The van der Waals surface area contributed by atoms with Gasteiger partial charge in [0, 0.05) is 14.9 Å². The van der Waals surface area contributed by atoms with Crippen molar-refractivity contribution in [3.8, 4) is 16.2 Å². The number of ether oxygens (including phenoxy) is 1. The van der Waals surface area contributed by atoms with Gasteiger partial charge < -0.3 is 4.74 Å². The second kappa shape index (κ2) is 9.88. The molecule has 0 saturated carbocycles. The summed E-state index contributed by atoms with van der Waals surface area (Å²) in [7, 11) is 0. The van der Waals surface area contributed by atoms with E-state index in [0.717, 1.165) is 14.9 Å². The van der Waals surface area contributed by atoms with Gasteiger partial charge in [-0.05, 0) is 36.8 Å². The van der Waals surface area contributed by atoms with Gasteiger partial charge in [0.05, 0.1) is 24.5 Å². The van der Waals surface area contributed by atoms with Crippen LogP contribution in [-0.4, -0.2) is 28.3 Å². The Balaban J connectivity index is 1.48. The lowest BCUT2D eigenvalue weighted by Crippen LogP contribution is -2.29. The molecule has 32 heavy (non-hydrogen) atoms. The molecule has 0 saturated heterocycles. The molecular formula is C23H19BrN4O3S. The molecule has 1 amide bonds. The van der Waals surface area contributed by atoms with Crippen molar-refractivity contribution < 1.29 is 9.53 Å². The van der Waals surface area contributed by atoms with Crippen LogP contribution in [0.1, 0.15) is 12.5 Å². The third-order valence-electron chi connectivity index (χ3n) is 4.55. The second-order valence-corrected chi connectivity index (χ2v) is 8.73. The zero-order valence-corrected chi connectivity index (χ0v) is 19.5. The van der Waals surface area contributed by atoms with Gasteiger partial charge in [0.15, 0.2) is 0 Å². The summed E-state index contributed by atoms with van der Waals surface area (Å²) in [5.74, 6) is 0.224. The molecule has 0 aliphatic heterocycles. The average Bonchev–Trinajstić information content (AvgIpc) is 3.23. The zero-order valence-electron chi connectivity index (χ0n) is 17.1. The van der Waals surface area contributed by atoms with E-state index >= 15 is 0 Å². The maximum atomic E-state index is 12.8. The van der Waals surface area contributed by atoms with Crippen LogP contribution in [0.5, 0.6) is 5.75 Å². The SMILES string of the molecule is CCOc1ccc(Br)cc1C=NNC(=O)Cn1cnc2sc(-c3ccccc3)cc2c1=O. The number of amides is 1. The number of hydrogen-bond donors (Lipinski definition) is 1. The number of hydrazone groups is 1. The number of aromatic nitrogens is 2. The van der Waals surface area contributed by atoms with Gasteiger partial charge in [-0.15, -0.1) is 11.3 Å². The molecule has 0 radical (unpaired) electrons. The summed E-state index contributed by atoms with van der Waals surface area (Å²) in [6.45, 7) is 2.22. The quantitative estimate of drug-likeness (QED) is 0.294. The molecule has 4 rings (SSSR count). The standard InChI is InChI=1S/C23H19BrN4O3S/c1-2-31-19-9-8-17(24)10-16(19)12-26-27-21(29)13-28-14-25-22-18(23(28)30)11-20(32-22)15-6-4-3-5-7-15/h3-12,14H,2,13H2,1H3,(H,27,29).